The lowest BCUT2D eigenvalue weighted by Crippen LogP contribution is -2.02. The smallest absolute Gasteiger partial charge is 0.322 e. The summed E-state index contributed by atoms with van der Waals surface area (Å²) in [5, 5.41) is 3.63. The quantitative estimate of drug-likeness (QED) is 0.798. The van der Waals surface area contributed by atoms with Crippen molar-refractivity contribution in [3.63, 3.8) is 0 Å². The minimum Gasteiger partial charge on any atom is -0.467 e. The van der Waals surface area contributed by atoms with Gasteiger partial charge in [-0.25, -0.2) is 0 Å². The lowest BCUT2D eigenvalue weighted by atomic mass is 10.3. The van der Waals surface area contributed by atoms with E-state index < -0.39 is 0 Å². The second-order valence-electron chi connectivity index (χ2n) is 3.26. The van der Waals surface area contributed by atoms with Crippen LogP contribution in [-0.2, 0) is 0 Å². The van der Waals surface area contributed by atoms with E-state index in [1.807, 2.05) is 0 Å². The van der Waals surface area contributed by atoms with E-state index >= 15 is 0 Å². The van der Waals surface area contributed by atoms with Crippen molar-refractivity contribution in [2.24, 2.45) is 0 Å². The van der Waals surface area contributed by atoms with E-state index in [0.29, 0.717) is 20.2 Å². The van der Waals surface area contributed by atoms with Gasteiger partial charge in [0.2, 0.25) is 11.2 Å². The van der Waals surface area contributed by atoms with Crippen LogP contribution >= 0.6 is 50.7 Å². The highest BCUT2D eigenvalue weighted by atomic mass is 79.9. The van der Waals surface area contributed by atoms with E-state index in [0.717, 1.165) is 0 Å². The second-order valence-corrected chi connectivity index (χ2v) is 5.21. The zero-order chi connectivity index (χ0) is 14.0. The minimum atomic E-state index is 0.00804. The fourth-order valence-corrected chi connectivity index (χ4v) is 2.20. The van der Waals surface area contributed by atoms with Crippen molar-refractivity contribution in [3.05, 3.63) is 31.9 Å². The molecular formula is C10H6BrCl3N4O. The summed E-state index contributed by atoms with van der Waals surface area (Å²) in [5.41, 5.74) is 0.541. The van der Waals surface area contributed by atoms with Gasteiger partial charge in [-0.05, 0) is 39.7 Å². The molecule has 0 aliphatic rings. The summed E-state index contributed by atoms with van der Waals surface area (Å²) in [5.74, 6) is 0.206. The molecule has 2 aromatic rings. The zero-order valence-electron chi connectivity index (χ0n) is 9.42. The van der Waals surface area contributed by atoms with Gasteiger partial charge in [0.15, 0.2) is 0 Å². The van der Waals surface area contributed by atoms with Crippen LogP contribution in [0.15, 0.2) is 16.6 Å². The molecule has 1 N–H and O–H groups in total. The third-order valence-corrected chi connectivity index (χ3v) is 3.99. The van der Waals surface area contributed by atoms with Gasteiger partial charge in [-0.15, -0.1) is 0 Å². The van der Waals surface area contributed by atoms with Crippen LogP contribution in [0, 0.1) is 0 Å². The predicted molar refractivity (Wildman–Crippen MR) is 78.8 cm³/mol. The van der Waals surface area contributed by atoms with Crippen LogP contribution in [0.25, 0.3) is 0 Å². The maximum absolute atomic E-state index is 6.10. The fraction of sp³-hybridized carbons (Fsp3) is 0.100. The first kappa shape index (κ1) is 14.6. The van der Waals surface area contributed by atoms with Crippen LogP contribution < -0.4 is 10.1 Å². The molecule has 0 spiro atoms. The maximum atomic E-state index is 6.10. The molecule has 19 heavy (non-hydrogen) atoms. The van der Waals surface area contributed by atoms with Crippen LogP contribution in [0.5, 0.6) is 6.01 Å². The maximum Gasteiger partial charge on any atom is 0.322 e. The number of benzene rings is 1. The topological polar surface area (TPSA) is 59.9 Å². The number of ether oxygens (including phenoxy) is 1. The number of hydrogen-bond acceptors (Lipinski definition) is 5. The summed E-state index contributed by atoms with van der Waals surface area (Å²) in [6.07, 6.45) is 0. The number of rotatable bonds is 3. The number of halogens is 4. The van der Waals surface area contributed by atoms with E-state index in [1.165, 1.54) is 7.11 Å². The summed E-state index contributed by atoms with van der Waals surface area (Å²) in [6.45, 7) is 0. The van der Waals surface area contributed by atoms with E-state index in [9.17, 15) is 0 Å². The Hall–Kier alpha value is -0.820. The normalized spacial score (nSPS) is 10.4. The molecule has 0 fully saturated rings. The second kappa shape index (κ2) is 6.09. The molecule has 0 bridgehead atoms. The number of aromatic nitrogens is 3. The number of hydrogen-bond donors (Lipinski definition) is 1. The van der Waals surface area contributed by atoms with Gasteiger partial charge in [0.05, 0.1) is 22.8 Å². The van der Waals surface area contributed by atoms with Gasteiger partial charge in [0.25, 0.3) is 0 Å². The number of nitrogens with zero attached hydrogens (tertiary/aromatic N) is 3. The highest BCUT2D eigenvalue weighted by Crippen LogP contribution is 2.36. The number of methoxy groups -OCH3 is 1. The van der Waals surface area contributed by atoms with Crippen LogP contribution in [0.4, 0.5) is 11.6 Å². The number of nitrogens with one attached hydrogen (secondary N) is 1. The Morgan fingerprint density at radius 1 is 1.11 bits per heavy atom. The first-order chi connectivity index (χ1) is 9.01. The van der Waals surface area contributed by atoms with Gasteiger partial charge in [-0.1, -0.05) is 23.2 Å². The number of anilines is 2. The molecule has 1 aromatic heterocycles. The molecule has 9 heteroatoms. The van der Waals surface area contributed by atoms with Gasteiger partial charge in [-0.3, -0.25) is 0 Å². The van der Waals surface area contributed by atoms with Gasteiger partial charge in [0, 0.05) is 4.47 Å². The third-order valence-electron chi connectivity index (χ3n) is 2.05. The molecule has 5 nitrogen and oxygen atoms in total. The van der Waals surface area contributed by atoms with Crippen molar-refractivity contribution in [3.8, 4) is 6.01 Å². The summed E-state index contributed by atoms with van der Waals surface area (Å²) < 4.78 is 5.58. The first-order valence-electron chi connectivity index (χ1n) is 4.87. The highest BCUT2D eigenvalue weighted by molar-refractivity contribution is 9.10. The average molecular weight is 384 g/mol. The summed E-state index contributed by atoms with van der Waals surface area (Å²) in [6, 6.07) is 3.57. The van der Waals surface area contributed by atoms with Crippen molar-refractivity contribution in [2.45, 2.75) is 0 Å². The molecule has 0 amide bonds. The molecule has 0 aliphatic heterocycles. The Morgan fingerprint density at radius 3 is 2.53 bits per heavy atom. The lowest BCUT2D eigenvalue weighted by Gasteiger charge is -2.09. The van der Waals surface area contributed by atoms with Crippen LogP contribution in [0.3, 0.4) is 0 Å². The van der Waals surface area contributed by atoms with Crippen LogP contribution in [0.1, 0.15) is 0 Å². The van der Waals surface area contributed by atoms with Crippen molar-refractivity contribution >= 4 is 62.4 Å². The van der Waals surface area contributed by atoms with Crippen molar-refractivity contribution < 1.29 is 4.74 Å². The molecule has 100 valence electrons. The summed E-state index contributed by atoms with van der Waals surface area (Å²) in [7, 11) is 1.43. The summed E-state index contributed by atoms with van der Waals surface area (Å²) in [4.78, 5) is 11.7. The van der Waals surface area contributed by atoms with Crippen LogP contribution in [-0.4, -0.2) is 22.1 Å². The third kappa shape index (κ3) is 3.39. The van der Waals surface area contributed by atoms with Gasteiger partial charge < -0.3 is 10.1 Å². The Balaban J connectivity index is 2.36. The van der Waals surface area contributed by atoms with Crippen molar-refractivity contribution in [1.82, 2.24) is 15.0 Å². The molecule has 2 rings (SSSR count). The molecule has 0 unspecified atom stereocenters. The lowest BCUT2D eigenvalue weighted by molar-refractivity contribution is 0.379. The Labute approximate surface area is 132 Å². The van der Waals surface area contributed by atoms with Crippen molar-refractivity contribution in [1.29, 1.82) is 0 Å². The fourth-order valence-electron chi connectivity index (χ4n) is 1.22. The molecule has 0 radical (unpaired) electrons. The van der Waals surface area contributed by atoms with Gasteiger partial charge in [-0.2, -0.15) is 15.0 Å². The van der Waals surface area contributed by atoms with Gasteiger partial charge >= 0.3 is 6.01 Å². The Morgan fingerprint density at radius 2 is 1.84 bits per heavy atom. The van der Waals surface area contributed by atoms with E-state index in [2.05, 4.69) is 36.2 Å². The average Bonchev–Trinajstić information content (AvgIpc) is 2.39. The summed E-state index contributed by atoms with van der Waals surface area (Å²) >= 11 is 21.1. The molecule has 1 heterocycles. The molecule has 0 saturated heterocycles. The monoisotopic (exact) mass is 382 g/mol. The molecule has 0 atom stereocenters. The zero-order valence-corrected chi connectivity index (χ0v) is 13.3. The Bertz CT molecular complexity index is 626. The van der Waals surface area contributed by atoms with Crippen LogP contribution in [0.2, 0.25) is 15.3 Å². The molecule has 0 saturated carbocycles. The largest absolute Gasteiger partial charge is 0.467 e. The van der Waals surface area contributed by atoms with Gasteiger partial charge in [0.1, 0.15) is 0 Å². The SMILES string of the molecule is COc1nc(Cl)nc(Nc2ccc(Br)c(Cl)c2Cl)n1. The standard InChI is InChI=1S/C10H6BrCl3N4O/c1-19-10-17-8(14)16-9(18-10)15-5-3-2-4(11)6(12)7(5)13/h2-3H,1H3,(H,15,16,17,18). The predicted octanol–water partition coefficient (Wildman–Crippen LogP) is 4.35. The minimum absolute atomic E-state index is 0.00804. The van der Waals surface area contributed by atoms with Crippen molar-refractivity contribution in [2.75, 3.05) is 12.4 Å². The van der Waals surface area contributed by atoms with E-state index in [1.54, 1.807) is 12.1 Å². The highest BCUT2D eigenvalue weighted by Gasteiger charge is 2.11. The first-order valence-corrected chi connectivity index (χ1v) is 6.80. The molecule has 1 aromatic carbocycles. The molecular weight excluding hydrogens is 378 g/mol. The van der Waals surface area contributed by atoms with E-state index in [4.69, 9.17) is 39.5 Å². The van der Waals surface area contributed by atoms with E-state index in [-0.39, 0.29) is 17.2 Å². The Kier molecular flexibility index (Phi) is 4.67. The molecule has 0 aliphatic carbocycles.